The lowest BCUT2D eigenvalue weighted by Gasteiger charge is -2.12. The summed E-state index contributed by atoms with van der Waals surface area (Å²) in [6.45, 7) is 0.564. The molecule has 1 amide bonds. The fourth-order valence-corrected chi connectivity index (χ4v) is 3.58. The second-order valence-corrected chi connectivity index (χ2v) is 7.37. The van der Waals surface area contributed by atoms with Crippen molar-refractivity contribution in [3.63, 3.8) is 0 Å². The molecule has 0 spiro atoms. The molecule has 3 aromatic carbocycles. The zero-order valence-corrected chi connectivity index (χ0v) is 18.1. The molecule has 0 fully saturated rings. The summed E-state index contributed by atoms with van der Waals surface area (Å²) in [6, 6.07) is 18.9. The van der Waals surface area contributed by atoms with Gasteiger partial charge in [-0.05, 0) is 48.0 Å². The number of hydrogen-bond acceptors (Lipinski definition) is 5. The number of benzene rings is 3. The maximum atomic E-state index is 13.8. The van der Waals surface area contributed by atoms with Crippen molar-refractivity contribution in [1.82, 2.24) is 14.9 Å². The lowest BCUT2D eigenvalue weighted by molar-refractivity contribution is 0.0945. The average molecular weight is 449 g/mol. The fourth-order valence-electron chi connectivity index (χ4n) is 3.58. The summed E-state index contributed by atoms with van der Waals surface area (Å²) in [5.41, 5.74) is 2.61. The third kappa shape index (κ3) is 5.12. The Kier molecular flexibility index (Phi) is 6.85. The molecule has 0 radical (unpaired) electrons. The number of rotatable bonds is 9. The zero-order valence-electron chi connectivity index (χ0n) is 18.1. The number of halogens is 1. The van der Waals surface area contributed by atoms with E-state index in [-0.39, 0.29) is 31.5 Å². The summed E-state index contributed by atoms with van der Waals surface area (Å²) in [7, 11) is 1.57. The topological polar surface area (TPSA) is 85.6 Å². The summed E-state index contributed by atoms with van der Waals surface area (Å²) >= 11 is 0. The van der Waals surface area contributed by atoms with Gasteiger partial charge in [0.05, 0.1) is 24.8 Å². The van der Waals surface area contributed by atoms with Gasteiger partial charge in [-0.1, -0.05) is 24.3 Å². The van der Waals surface area contributed by atoms with Crippen LogP contribution in [0.2, 0.25) is 0 Å². The maximum Gasteiger partial charge on any atom is 0.251 e. The quantitative estimate of drug-likeness (QED) is 0.408. The van der Waals surface area contributed by atoms with Crippen LogP contribution in [0, 0.1) is 5.82 Å². The van der Waals surface area contributed by atoms with Crippen LogP contribution in [0.3, 0.4) is 0 Å². The third-order valence-corrected chi connectivity index (χ3v) is 5.14. The molecule has 170 valence electrons. The van der Waals surface area contributed by atoms with Gasteiger partial charge in [-0.15, -0.1) is 0 Å². The molecule has 0 aliphatic heterocycles. The van der Waals surface area contributed by atoms with Gasteiger partial charge >= 0.3 is 0 Å². The SMILES string of the molecule is COc1ccccc1OCc1nc2cc(C(=O)NCCO)ccc2n1Cc1cccc(F)c1. The molecule has 0 unspecified atom stereocenters. The van der Waals surface area contributed by atoms with E-state index in [9.17, 15) is 9.18 Å². The lowest BCUT2D eigenvalue weighted by Crippen LogP contribution is -2.26. The monoisotopic (exact) mass is 449 g/mol. The van der Waals surface area contributed by atoms with E-state index >= 15 is 0 Å². The highest BCUT2D eigenvalue weighted by Gasteiger charge is 2.16. The van der Waals surface area contributed by atoms with Gasteiger partial charge in [-0.3, -0.25) is 4.79 Å². The van der Waals surface area contributed by atoms with Crippen LogP contribution in [0.15, 0.2) is 66.7 Å². The first-order chi connectivity index (χ1) is 16.1. The maximum absolute atomic E-state index is 13.8. The van der Waals surface area contributed by atoms with Crippen LogP contribution in [-0.4, -0.2) is 40.8 Å². The van der Waals surface area contributed by atoms with Crippen LogP contribution in [0.5, 0.6) is 11.5 Å². The Morgan fingerprint density at radius 1 is 1.09 bits per heavy atom. The van der Waals surface area contributed by atoms with Gasteiger partial charge in [0.15, 0.2) is 11.5 Å². The van der Waals surface area contributed by atoms with E-state index in [0.717, 1.165) is 11.1 Å². The van der Waals surface area contributed by atoms with Gasteiger partial charge in [0.2, 0.25) is 0 Å². The number of aromatic nitrogens is 2. The molecule has 33 heavy (non-hydrogen) atoms. The van der Waals surface area contributed by atoms with Gasteiger partial charge in [0.1, 0.15) is 18.2 Å². The summed E-state index contributed by atoms with van der Waals surface area (Å²) in [6.07, 6.45) is 0. The van der Waals surface area contributed by atoms with Crippen LogP contribution in [0.1, 0.15) is 21.7 Å². The van der Waals surface area contributed by atoms with Crippen LogP contribution in [-0.2, 0) is 13.2 Å². The molecule has 0 saturated carbocycles. The Labute approximate surface area is 190 Å². The largest absolute Gasteiger partial charge is 0.493 e. The van der Waals surface area contributed by atoms with E-state index in [1.807, 2.05) is 41.0 Å². The minimum Gasteiger partial charge on any atom is -0.493 e. The number of nitrogens with zero attached hydrogens (tertiary/aromatic N) is 2. The van der Waals surface area contributed by atoms with E-state index in [2.05, 4.69) is 5.32 Å². The molecule has 7 nitrogen and oxygen atoms in total. The van der Waals surface area contributed by atoms with E-state index in [1.54, 1.807) is 25.3 Å². The van der Waals surface area contributed by atoms with Crippen LogP contribution in [0.25, 0.3) is 11.0 Å². The molecule has 4 rings (SSSR count). The summed E-state index contributed by atoms with van der Waals surface area (Å²) in [5, 5.41) is 11.6. The van der Waals surface area contributed by atoms with Gasteiger partial charge < -0.3 is 24.5 Å². The number of carbonyl (C=O) groups is 1. The van der Waals surface area contributed by atoms with Crippen LogP contribution < -0.4 is 14.8 Å². The van der Waals surface area contributed by atoms with E-state index in [0.29, 0.717) is 34.9 Å². The van der Waals surface area contributed by atoms with Crippen LogP contribution in [0.4, 0.5) is 4.39 Å². The molecule has 1 aromatic heterocycles. The van der Waals surface area contributed by atoms with Crippen molar-refractivity contribution < 1.29 is 23.8 Å². The number of aliphatic hydroxyl groups excluding tert-OH is 1. The first-order valence-electron chi connectivity index (χ1n) is 10.5. The van der Waals surface area contributed by atoms with Crippen molar-refractivity contribution >= 4 is 16.9 Å². The van der Waals surface area contributed by atoms with Gasteiger partial charge in [-0.2, -0.15) is 0 Å². The Morgan fingerprint density at radius 2 is 1.91 bits per heavy atom. The second kappa shape index (κ2) is 10.1. The Balaban J connectivity index is 1.69. The van der Waals surface area contributed by atoms with Crippen molar-refractivity contribution in [1.29, 1.82) is 0 Å². The lowest BCUT2D eigenvalue weighted by atomic mass is 10.1. The van der Waals surface area contributed by atoms with Crippen molar-refractivity contribution in [3.8, 4) is 11.5 Å². The number of carbonyl (C=O) groups excluding carboxylic acids is 1. The molecule has 4 aromatic rings. The van der Waals surface area contributed by atoms with Crippen molar-refractivity contribution in [2.45, 2.75) is 13.2 Å². The molecular formula is C25H24FN3O4. The number of methoxy groups -OCH3 is 1. The summed E-state index contributed by atoms with van der Waals surface area (Å²) in [4.78, 5) is 17.0. The summed E-state index contributed by atoms with van der Waals surface area (Å²) < 4.78 is 27.1. The molecule has 0 aliphatic carbocycles. The molecular weight excluding hydrogens is 425 g/mol. The number of nitrogens with one attached hydrogen (secondary N) is 1. The number of fused-ring (bicyclic) bond motifs is 1. The van der Waals surface area contributed by atoms with Crippen molar-refractivity contribution in [2.24, 2.45) is 0 Å². The highest BCUT2D eigenvalue weighted by atomic mass is 19.1. The number of para-hydroxylation sites is 2. The molecule has 0 bridgehead atoms. The minimum absolute atomic E-state index is 0.138. The molecule has 1 heterocycles. The molecule has 8 heteroatoms. The molecule has 0 aliphatic rings. The molecule has 2 N–H and O–H groups in total. The standard InChI is InChI=1S/C25H24FN3O4/c1-32-22-7-2-3-8-23(22)33-16-24-28-20-14-18(25(31)27-11-12-30)9-10-21(20)29(24)15-17-5-4-6-19(26)13-17/h2-10,13-14,30H,11-12,15-16H2,1H3,(H,27,31). The van der Waals surface area contributed by atoms with Gasteiger partial charge in [-0.25, -0.2) is 9.37 Å². The first-order valence-corrected chi connectivity index (χ1v) is 10.5. The number of hydrogen-bond donors (Lipinski definition) is 2. The highest BCUT2D eigenvalue weighted by Crippen LogP contribution is 2.27. The fraction of sp³-hybridized carbons (Fsp3) is 0.200. The second-order valence-electron chi connectivity index (χ2n) is 7.37. The Hall–Kier alpha value is -3.91. The van der Waals surface area contributed by atoms with Crippen molar-refractivity contribution in [2.75, 3.05) is 20.3 Å². The Bertz CT molecular complexity index is 1270. The number of ether oxygens (including phenoxy) is 2. The van der Waals surface area contributed by atoms with E-state index in [1.165, 1.54) is 12.1 Å². The number of aliphatic hydroxyl groups is 1. The smallest absolute Gasteiger partial charge is 0.251 e. The normalized spacial score (nSPS) is 10.9. The number of imidazole rings is 1. The average Bonchev–Trinajstić information content (AvgIpc) is 3.17. The third-order valence-electron chi connectivity index (χ3n) is 5.14. The van der Waals surface area contributed by atoms with Crippen LogP contribution >= 0.6 is 0 Å². The molecule has 0 atom stereocenters. The zero-order chi connectivity index (χ0) is 23.2. The first kappa shape index (κ1) is 22.3. The van der Waals surface area contributed by atoms with E-state index < -0.39 is 0 Å². The predicted molar refractivity (Wildman–Crippen MR) is 122 cm³/mol. The molecule has 0 saturated heterocycles. The summed E-state index contributed by atoms with van der Waals surface area (Å²) in [5.74, 6) is 1.19. The Morgan fingerprint density at radius 3 is 2.67 bits per heavy atom. The van der Waals surface area contributed by atoms with Gasteiger partial charge in [0, 0.05) is 18.7 Å². The number of amides is 1. The van der Waals surface area contributed by atoms with E-state index in [4.69, 9.17) is 19.6 Å². The minimum atomic E-state index is -0.313. The highest BCUT2D eigenvalue weighted by molar-refractivity contribution is 5.97. The van der Waals surface area contributed by atoms with Gasteiger partial charge in [0.25, 0.3) is 5.91 Å². The predicted octanol–water partition coefficient (Wildman–Crippen LogP) is 3.53. The van der Waals surface area contributed by atoms with Crippen molar-refractivity contribution in [3.05, 3.63) is 89.5 Å².